The highest BCUT2D eigenvalue weighted by molar-refractivity contribution is 6.36. The quantitative estimate of drug-likeness (QED) is 0.284. The van der Waals surface area contributed by atoms with Crippen molar-refractivity contribution in [2.45, 2.75) is 58.3 Å². The minimum atomic E-state index is -0.783. The number of hydrogen-bond acceptors (Lipinski definition) is 7. The number of pyridine rings is 1. The van der Waals surface area contributed by atoms with Gasteiger partial charge in [0, 0.05) is 60.3 Å². The number of aromatic nitrogens is 3. The first-order chi connectivity index (χ1) is 21.4. The van der Waals surface area contributed by atoms with Gasteiger partial charge in [-0.25, -0.2) is 19.0 Å². The number of nitrogens with one attached hydrogen (secondary N) is 1. The van der Waals surface area contributed by atoms with Gasteiger partial charge in [-0.2, -0.15) is 5.10 Å². The number of morpholine rings is 1. The van der Waals surface area contributed by atoms with Crippen molar-refractivity contribution in [1.29, 1.82) is 0 Å². The fourth-order valence-corrected chi connectivity index (χ4v) is 5.90. The fourth-order valence-electron chi connectivity index (χ4n) is 5.22. The fraction of sp³-hybridized carbons (Fsp3) is 0.484. The molecule has 2 aliphatic rings. The molecule has 1 aromatic carbocycles. The van der Waals surface area contributed by atoms with Crippen LogP contribution in [0.4, 0.5) is 19.8 Å². The first kappa shape index (κ1) is 32.8. The Morgan fingerprint density at radius 2 is 1.78 bits per heavy atom. The van der Waals surface area contributed by atoms with Crippen molar-refractivity contribution < 1.29 is 28.2 Å². The summed E-state index contributed by atoms with van der Waals surface area (Å²) in [6, 6.07) is 4.11. The highest BCUT2D eigenvalue weighted by Gasteiger charge is 2.28. The molecule has 2 aliphatic heterocycles. The third-order valence-electron chi connectivity index (χ3n) is 7.59. The molecule has 0 radical (unpaired) electrons. The molecule has 0 bridgehead atoms. The van der Waals surface area contributed by atoms with Gasteiger partial charge in [-0.15, -0.1) is 0 Å². The number of halogens is 3. The van der Waals surface area contributed by atoms with E-state index in [9.17, 15) is 14.0 Å². The Morgan fingerprint density at radius 3 is 2.47 bits per heavy atom. The van der Waals surface area contributed by atoms with E-state index in [1.165, 1.54) is 12.1 Å². The van der Waals surface area contributed by atoms with Gasteiger partial charge in [0.2, 0.25) is 0 Å². The molecule has 242 valence electrons. The van der Waals surface area contributed by atoms with Gasteiger partial charge in [-0.1, -0.05) is 23.2 Å². The molecule has 2 saturated heterocycles. The maximum atomic E-state index is 14.3. The largest absolute Gasteiger partial charge is 0.482 e. The van der Waals surface area contributed by atoms with Gasteiger partial charge in [0.25, 0.3) is 0 Å². The Labute approximate surface area is 271 Å². The van der Waals surface area contributed by atoms with E-state index in [0.29, 0.717) is 45.0 Å². The van der Waals surface area contributed by atoms with E-state index in [0.717, 1.165) is 18.4 Å². The number of anilines is 1. The molecule has 0 aliphatic carbocycles. The molecule has 14 heteroatoms. The van der Waals surface area contributed by atoms with Crippen LogP contribution in [-0.4, -0.2) is 81.7 Å². The van der Waals surface area contributed by atoms with Crippen LogP contribution in [0.5, 0.6) is 5.75 Å². The molecule has 2 aromatic heterocycles. The zero-order chi connectivity index (χ0) is 32.3. The lowest BCUT2D eigenvalue weighted by Gasteiger charge is -2.33. The van der Waals surface area contributed by atoms with Crippen molar-refractivity contribution in [3.8, 4) is 16.9 Å². The molecule has 11 nitrogen and oxygen atoms in total. The zero-order valence-corrected chi connectivity index (χ0v) is 27.2. The summed E-state index contributed by atoms with van der Waals surface area (Å²) in [5.74, 6) is -0.187. The van der Waals surface area contributed by atoms with Crippen LogP contribution in [0.15, 0.2) is 36.8 Å². The summed E-state index contributed by atoms with van der Waals surface area (Å²) in [7, 11) is 0. The van der Waals surface area contributed by atoms with Gasteiger partial charge in [-0.05, 0) is 58.7 Å². The molecule has 0 saturated carbocycles. The number of carbonyl (C=O) groups is 2. The van der Waals surface area contributed by atoms with E-state index >= 15 is 0 Å². The minimum Gasteiger partial charge on any atom is -0.482 e. The number of likely N-dealkylation sites (tertiary alicyclic amines) is 1. The van der Waals surface area contributed by atoms with Crippen LogP contribution in [0.1, 0.15) is 58.2 Å². The number of urea groups is 1. The lowest BCUT2D eigenvalue weighted by Crippen LogP contribution is -2.43. The summed E-state index contributed by atoms with van der Waals surface area (Å²) in [5, 5.41) is 7.53. The van der Waals surface area contributed by atoms with Crippen LogP contribution in [0.3, 0.4) is 0 Å². The smallest absolute Gasteiger partial charge is 0.410 e. The van der Waals surface area contributed by atoms with Crippen molar-refractivity contribution in [3.63, 3.8) is 0 Å². The van der Waals surface area contributed by atoms with Crippen molar-refractivity contribution in [2.75, 3.05) is 44.7 Å². The summed E-state index contributed by atoms with van der Waals surface area (Å²) in [4.78, 5) is 33.4. The predicted molar refractivity (Wildman–Crippen MR) is 168 cm³/mol. The lowest BCUT2D eigenvalue weighted by molar-refractivity contribution is 0.0184. The van der Waals surface area contributed by atoms with E-state index in [-0.39, 0.29) is 45.3 Å². The average Bonchev–Trinajstić information content (AvgIpc) is 3.50. The number of hydrogen-bond donors (Lipinski definition) is 1. The second-order valence-corrected chi connectivity index (χ2v) is 12.8. The average molecular weight is 664 g/mol. The molecule has 0 unspecified atom stereocenters. The summed E-state index contributed by atoms with van der Waals surface area (Å²) in [5.41, 5.74) is 1.20. The second-order valence-electron chi connectivity index (χ2n) is 12.0. The normalized spacial score (nSPS) is 16.8. The third-order valence-corrected chi connectivity index (χ3v) is 8.30. The summed E-state index contributed by atoms with van der Waals surface area (Å²) in [6.45, 7) is 10.2. The Bertz CT molecular complexity index is 1530. The van der Waals surface area contributed by atoms with Gasteiger partial charge in [0.05, 0.1) is 30.5 Å². The molecular formula is C31H37Cl2FN6O5. The topological polar surface area (TPSA) is 111 Å². The number of carbonyl (C=O) groups excluding carboxylic acids is 2. The Morgan fingerprint density at radius 1 is 1.07 bits per heavy atom. The molecule has 2 fully saturated rings. The van der Waals surface area contributed by atoms with Crippen LogP contribution >= 0.6 is 23.2 Å². The van der Waals surface area contributed by atoms with Gasteiger partial charge in [0.1, 0.15) is 17.5 Å². The first-order valence-electron chi connectivity index (χ1n) is 14.9. The number of benzene rings is 1. The molecule has 45 heavy (non-hydrogen) atoms. The van der Waals surface area contributed by atoms with Crippen molar-refractivity contribution >= 4 is 41.1 Å². The summed E-state index contributed by atoms with van der Waals surface area (Å²) in [6.07, 6.45) is 5.65. The third kappa shape index (κ3) is 7.98. The summed E-state index contributed by atoms with van der Waals surface area (Å²) >= 11 is 12.6. The minimum absolute atomic E-state index is 0.102. The lowest BCUT2D eigenvalue weighted by atomic mass is 10.1. The van der Waals surface area contributed by atoms with Crippen molar-refractivity contribution in [3.05, 3.63) is 58.2 Å². The Balaban J connectivity index is 1.36. The van der Waals surface area contributed by atoms with E-state index in [1.807, 2.05) is 31.6 Å². The monoisotopic (exact) mass is 662 g/mol. The molecule has 5 rings (SSSR count). The van der Waals surface area contributed by atoms with Crippen LogP contribution < -0.4 is 10.1 Å². The molecular weight excluding hydrogens is 626 g/mol. The Kier molecular flexibility index (Phi) is 10.0. The number of ether oxygens (including phenoxy) is 3. The number of piperidine rings is 1. The van der Waals surface area contributed by atoms with Crippen molar-refractivity contribution in [1.82, 2.24) is 24.6 Å². The SMILES string of the molecule is C[C@@H](Oc1cc(-c2cnn(C3CCN(C(=O)OC(C)(C)C)CC3)c2)cnc1NC(=O)N1CCOCC1)c1c(Cl)ccc(F)c1Cl. The van der Waals surface area contributed by atoms with Gasteiger partial charge >= 0.3 is 12.1 Å². The van der Waals surface area contributed by atoms with Crippen LogP contribution in [-0.2, 0) is 9.47 Å². The number of rotatable bonds is 6. The van der Waals surface area contributed by atoms with E-state index in [2.05, 4.69) is 15.4 Å². The molecule has 0 spiro atoms. The van der Waals surface area contributed by atoms with Gasteiger partial charge in [-0.3, -0.25) is 10.00 Å². The standard InChI is InChI=1S/C31H37Cl2FN6O5/c1-19(26-23(32)5-6-24(34)27(26)33)44-25-15-20(16-35-28(25)37-29(41)38-11-13-43-14-12-38)21-17-36-40(18-21)22-7-9-39(10-8-22)30(42)45-31(2,3)4/h5-6,15-19,22H,7-14H2,1-4H3,(H,35,37,41)/t19-/m1/s1. The molecule has 1 atom stereocenters. The predicted octanol–water partition coefficient (Wildman–Crippen LogP) is 6.97. The second kappa shape index (κ2) is 13.8. The van der Waals surface area contributed by atoms with Gasteiger partial charge < -0.3 is 24.0 Å². The molecule has 1 N–H and O–H groups in total. The molecule has 3 amide bonds. The number of nitrogens with zero attached hydrogens (tertiary/aromatic N) is 5. The van der Waals surface area contributed by atoms with Crippen molar-refractivity contribution in [2.24, 2.45) is 0 Å². The summed E-state index contributed by atoms with van der Waals surface area (Å²) < 4.78 is 33.3. The highest BCUT2D eigenvalue weighted by Crippen LogP contribution is 2.38. The highest BCUT2D eigenvalue weighted by atomic mass is 35.5. The van der Waals surface area contributed by atoms with Crippen LogP contribution in [0, 0.1) is 5.82 Å². The molecule has 4 heterocycles. The van der Waals surface area contributed by atoms with E-state index < -0.39 is 17.5 Å². The van der Waals surface area contributed by atoms with Crippen LogP contribution in [0.2, 0.25) is 10.0 Å². The maximum Gasteiger partial charge on any atom is 0.410 e. The van der Waals surface area contributed by atoms with E-state index in [4.69, 9.17) is 37.4 Å². The molecule has 3 aromatic rings. The zero-order valence-electron chi connectivity index (χ0n) is 25.7. The maximum absolute atomic E-state index is 14.3. The van der Waals surface area contributed by atoms with Crippen LogP contribution in [0.25, 0.3) is 11.1 Å². The van der Waals surface area contributed by atoms with Gasteiger partial charge in [0.15, 0.2) is 11.6 Å². The van der Waals surface area contributed by atoms with E-state index in [1.54, 1.807) is 35.2 Å². The number of amides is 3. The Hall–Kier alpha value is -3.61. The first-order valence-corrected chi connectivity index (χ1v) is 15.6.